The molecule has 0 aromatic heterocycles. The molecule has 2 aromatic carbocycles. The molecule has 1 heterocycles. The Morgan fingerprint density at radius 3 is 2.42 bits per heavy atom. The van der Waals surface area contributed by atoms with Crippen molar-refractivity contribution >= 4 is 41.6 Å². The van der Waals surface area contributed by atoms with E-state index in [1.807, 2.05) is 51.1 Å². The van der Waals surface area contributed by atoms with Gasteiger partial charge in [-0.2, -0.15) is 5.26 Å². The van der Waals surface area contributed by atoms with Gasteiger partial charge in [0.1, 0.15) is 5.41 Å². The summed E-state index contributed by atoms with van der Waals surface area (Å²) < 4.78 is 4.96. The Morgan fingerprint density at radius 2 is 1.87 bits per heavy atom. The van der Waals surface area contributed by atoms with E-state index in [1.165, 1.54) is 0 Å². The van der Waals surface area contributed by atoms with Crippen LogP contribution >= 0.6 is 23.2 Å². The third-order valence-corrected chi connectivity index (χ3v) is 7.36. The number of halogens is 2. The minimum Gasteiger partial charge on any atom is -0.466 e. The van der Waals surface area contributed by atoms with Crippen LogP contribution in [0.15, 0.2) is 48.5 Å². The van der Waals surface area contributed by atoms with Crippen LogP contribution < -0.4 is 0 Å². The highest BCUT2D eigenvalue weighted by Crippen LogP contribution is 2.52. The first-order valence-electron chi connectivity index (χ1n) is 12.6. The highest BCUT2D eigenvalue weighted by Gasteiger charge is 2.58. The first-order chi connectivity index (χ1) is 18.0. The van der Waals surface area contributed by atoms with Gasteiger partial charge in [0.25, 0.3) is 0 Å². The van der Waals surface area contributed by atoms with Gasteiger partial charge in [0.15, 0.2) is 0 Å². The zero-order valence-corrected chi connectivity index (χ0v) is 23.6. The van der Waals surface area contributed by atoms with Crippen molar-refractivity contribution in [3.05, 3.63) is 69.7 Å². The highest BCUT2D eigenvalue weighted by atomic mass is 35.5. The van der Waals surface area contributed by atoms with Gasteiger partial charge in [0, 0.05) is 29.1 Å². The molecule has 0 unspecified atom stereocenters. The van der Waals surface area contributed by atoms with Crippen LogP contribution in [0, 0.1) is 16.7 Å². The number of benzene rings is 2. The number of carbonyl (C=O) groups excluding carboxylic acids is 3. The number of carbonyl (C=O) groups is 3. The van der Waals surface area contributed by atoms with E-state index in [0.717, 1.165) is 16.0 Å². The SMILES string of the molecule is CCOC(=O)CCN(C=O)C(=O)N1C[C@H](c2cccc(Cl)c2)[C@@](C#N)(c2ccc(Cl)cc2)[C@H]1CC(C)(C)C. The van der Waals surface area contributed by atoms with Gasteiger partial charge in [0.05, 0.1) is 25.1 Å². The summed E-state index contributed by atoms with van der Waals surface area (Å²) in [5.41, 5.74) is 0.113. The van der Waals surface area contributed by atoms with Crippen molar-refractivity contribution in [3.8, 4) is 6.07 Å². The second-order valence-corrected chi connectivity index (χ2v) is 11.5. The van der Waals surface area contributed by atoms with Gasteiger partial charge in [-0.1, -0.05) is 68.2 Å². The summed E-state index contributed by atoms with van der Waals surface area (Å²) in [6.45, 7) is 8.10. The number of urea groups is 1. The van der Waals surface area contributed by atoms with E-state index in [0.29, 0.717) is 22.9 Å². The van der Waals surface area contributed by atoms with E-state index in [1.54, 1.807) is 30.0 Å². The van der Waals surface area contributed by atoms with E-state index in [9.17, 15) is 19.6 Å². The molecule has 9 heteroatoms. The van der Waals surface area contributed by atoms with E-state index in [-0.39, 0.29) is 31.5 Å². The molecule has 7 nitrogen and oxygen atoms in total. The van der Waals surface area contributed by atoms with E-state index in [4.69, 9.17) is 27.9 Å². The predicted octanol–water partition coefficient (Wildman–Crippen LogP) is 6.19. The molecule has 0 spiro atoms. The molecule has 3 atom stereocenters. The number of amides is 3. The van der Waals surface area contributed by atoms with Crippen LogP contribution in [0.25, 0.3) is 0 Å². The number of ether oxygens (including phenoxy) is 1. The fraction of sp³-hybridized carbons (Fsp3) is 0.448. The van der Waals surface area contributed by atoms with Crippen molar-refractivity contribution in [1.29, 1.82) is 5.26 Å². The lowest BCUT2D eigenvalue weighted by Crippen LogP contribution is -2.51. The molecule has 1 aliphatic rings. The molecule has 3 amide bonds. The Hall–Kier alpha value is -3.08. The third-order valence-electron chi connectivity index (χ3n) is 6.88. The first kappa shape index (κ1) is 29.5. The summed E-state index contributed by atoms with van der Waals surface area (Å²) in [4.78, 5) is 40.4. The fourth-order valence-electron chi connectivity index (χ4n) is 5.24. The van der Waals surface area contributed by atoms with Gasteiger partial charge in [-0.15, -0.1) is 0 Å². The summed E-state index contributed by atoms with van der Waals surface area (Å²) in [5, 5.41) is 12.0. The van der Waals surface area contributed by atoms with E-state index in [2.05, 4.69) is 6.07 Å². The molecule has 2 aromatic rings. The van der Waals surface area contributed by atoms with E-state index >= 15 is 0 Å². The summed E-state index contributed by atoms with van der Waals surface area (Å²) >= 11 is 12.6. The molecule has 3 rings (SSSR count). The Morgan fingerprint density at radius 1 is 1.18 bits per heavy atom. The van der Waals surface area contributed by atoms with Crippen LogP contribution in [0.3, 0.4) is 0 Å². The lowest BCUT2D eigenvalue weighted by Gasteiger charge is -2.39. The monoisotopic (exact) mass is 557 g/mol. The van der Waals surface area contributed by atoms with Crippen molar-refractivity contribution in [2.24, 2.45) is 5.41 Å². The van der Waals surface area contributed by atoms with Crippen LogP contribution in [0.1, 0.15) is 57.6 Å². The average Bonchev–Trinajstić information content (AvgIpc) is 3.18. The van der Waals surface area contributed by atoms with Gasteiger partial charge in [-0.25, -0.2) is 4.79 Å². The topological polar surface area (TPSA) is 90.7 Å². The fourth-order valence-corrected chi connectivity index (χ4v) is 5.56. The van der Waals surface area contributed by atoms with Crippen LogP contribution in [-0.4, -0.2) is 53.9 Å². The zero-order valence-electron chi connectivity index (χ0n) is 22.1. The number of likely N-dealkylation sites (tertiary alicyclic amines) is 1. The molecule has 202 valence electrons. The molecule has 0 radical (unpaired) electrons. The second kappa shape index (κ2) is 12.2. The van der Waals surface area contributed by atoms with Gasteiger partial charge < -0.3 is 9.64 Å². The minimum absolute atomic E-state index is 0.117. The molecular formula is C29H33Cl2N3O4. The molecule has 0 bridgehead atoms. The van der Waals surface area contributed by atoms with Crippen molar-refractivity contribution in [2.75, 3.05) is 19.7 Å². The Labute approximate surface area is 234 Å². The smallest absolute Gasteiger partial charge is 0.326 e. The van der Waals surface area contributed by atoms with Crippen molar-refractivity contribution < 1.29 is 19.1 Å². The molecular weight excluding hydrogens is 525 g/mol. The Balaban J connectivity index is 2.16. The van der Waals surface area contributed by atoms with Crippen molar-refractivity contribution in [2.45, 2.75) is 57.9 Å². The Bertz CT molecular complexity index is 1210. The van der Waals surface area contributed by atoms with Gasteiger partial charge in [-0.05, 0) is 54.2 Å². The minimum atomic E-state index is -1.16. The molecule has 0 saturated carbocycles. The molecule has 0 N–H and O–H groups in total. The molecule has 1 fully saturated rings. The van der Waals surface area contributed by atoms with E-state index < -0.39 is 29.4 Å². The normalized spacial score (nSPS) is 21.0. The largest absolute Gasteiger partial charge is 0.466 e. The van der Waals surface area contributed by atoms with Gasteiger partial charge in [0.2, 0.25) is 6.41 Å². The number of hydrogen-bond acceptors (Lipinski definition) is 5. The van der Waals surface area contributed by atoms with Gasteiger partial charge in [-0.3, -0.25) is 14.5 Å². The van der Waals surface area contributed by atoms with Crippen molar-refractivity contribution in [1.82, 2.24) is 9.80 Å². The molecule has 38 heavy (non-hydrogen) atoms. The lowest BCUT2D eigenvalue weighted by atomic mass is 9.64. The third kappa shape index (κ3) is 6.31. The number of imide groups is 1. The molecule has 0 aliphatic carbocycles. The summed E-state index contributed by atoms with van der Waals surface area (Å²) in [5.74, 6) is -0.939. The first-order valence-corrected chi connectivity index (χ1v) is 13.3. The number of rotatable bonds is 8. The van der Waals surface area contributed by atoms with Gasteiger partial charge >= 0.3 is 12.0 Å². The Kier molecular flexibility index (Phi) is 9.45. The van der Waals surface area contributed by atoms with Crippen LogP contribution in [-0.2, 0) is 19.7 Å². The summed E-state index contributed by atoms with van der Waals surface area (Å²) in [7, 11) is 0. The highest BCUT2D eigenvalue weighted by molar-refractivity contribution is 6.30. The number of esters is 1. The maximum atomic E-state index is 13.9. The second-order valence-electron chi connectivity index (χ2n) is 10.7. The predicted molar refractivity (Wildman–Crippen MR) is 147 cm³/mol. The maximum Gasteiger partial charge on any atom is 0.326 e. The standard InChI is InChI=1S/C29H33Cl2N3O4/c1-5-38-26(36)13-14-33(19-35)27(37)34-17-24(20-7-6-8-23(31)15-20)29(18-32,25(34)16-28(2,3)4)21-9-11-22(30)12-10-21/h6-12,15,19,24-25H,5,13-14,16-17H2,1-4H3/t24-,25-,29-/m1/s1. The maximum absolute atomic E-state index is 13.9. The number of nitrogens with zero attached hydrogens (tertiary/aromatic N) is 3. The molecule has 1 aliphatic heterocycles. The number of nitriles is 1. The summed E-state index contributed by atoms with van der Waals surface area (Å²) in [6, 6.07) is 15.9. The molecule has 1 saturated heterocycles. The lowest BCUT2D eigenvalue weighted by molar-refractivity contribution is -0.143. The average molecular weight is 559 g/mol. The quantitative estimate of drug-likeness (QED) is 0.285. The van der Waals surface area contributed by atoms with Crippen LogP contribution in [0.2, 0.25) is 10.0 Å². The van der Waals surface area contributed by atoms with Crippen LogP contribution in [0.5, 0.6) is 0 Å². The summed E-state index contributed by atoms with van der Waals surface area (Å²) in [6.07, 6.45) is 0.795. The number of hydrogen-bond donors (Lipinski definition) is 0. The van der Waals surface area contributed by atoms with Crippen LogP contribution in [0.4, 0.5) is 4.79 Å². The zero-order chi connectivity index (χ0) is 28.1. The van der Waals surface area contributed by atoms with Crippen molar-refractivity contribution in [3.63, 3.8) is 0 Å².